The Kier molecular flexibility index (Phi) is 2.46. The molecule has 1 aromatic carbocycles. The van der Waals surface area contributed by atoms with Crippen molar-refractivity contribution in [1.82, 2.24) is 4.98 Å². The first kappa shape index (κ1) is 11.7. The Morgan fingerprint density at radius 3 is 2.85 bits per heavy atom. The van der Waals surface area contributed by atoms with Crippen LogP contribution in [0.1, 0.15) is 29.6 Å². The van der Waals surface area contributed by atoms with Gasteiger partial charge < -0.3 is 10.0 Å². The summed E-state index contributed by atoms with van der Waals surface area (Å²) in [6, 6.07) is 8.32. The second-order valence-electron chi connectivity index (χ2n) is 5.83. The van der Waals surface area contributed by atoms with E-state index in [1.165, 1.54) is 25.5 Å². The van der Waals surface area contributed by atoms with Crippen LogP contribution in [0.2, 0.25) is 0 Å². The maximum Gasteiger partial charge on any atom is 0.339 e. The van der Waals surface area contributed by atoms with Crippen molar-refractivity contribution in [2.75, 3.05) is 11.4 Å². The van der Waals surface area contributed by atoms with Gasteiger partial charge in [0.25, 0.3) is 0 Å². The van der Waals surface area contributed by atoms with E-state index < -0.39 is 5.97 Å². The second kappa shape index (κ2) is 4.20. The van der Waals surface area contributed by atoms with Gasteiger partial charge in [-0.2, -0.15) is 0 Å². The third-order valence-electron chi connectivity index (χ3n) is 4.67. The van der Waals surface area contributed by atoms with Gasteiger partial charge in [-0.05, 0) is 31.2 Å². The molecule has 2 aromatic rings. The molecule has 4 nitrogen and oxygen atoms in total. The molecule has 1 saturated carbocycles. The van der Waals surface area contributed by atoms with Crippen molar-refractivity contribution in [3.05, 3.63) is 36.0 Å². The summed E-state index contributed by atoms with van der Waals surface area (Å²) in [6.45, 7) is 0.985. The quantitative estimate of drug-likeness (QED) is 0.910. The van der Waals surface area contributed by atoms with Gasteiger partial charge in [0.05, 0.1) is 11.2 Å². The molecule has 102 valence electrons. The number of rotatable bonds is 2. The van der Waals surface area contributed by atoms with Crippen molar-refractivity contribution in [3.63, 3.8) is 0 Å². The van der Waals surface area contributed by atoms with E-state index in [2.05, 4.69) is 9.88 Å². The number of hydrogen-bond donors (Lipinski definition) is 1. The van der Waals surface area contributed by atoms with Crippen LogP contribution in [0.5, 0.6) is 0 Å². The van der Waals surface area contributed by atoms with Crippen LogP contribution in [0, 0.1) is 5.92 Å². The van der Waals surface area contributed by atoms with Gasteiger partial charge in [0, 0.05) is 24.2 Å². The summed E-state index contributed by atoms with van der Waals surface area (Å²) < 4.78 is 0. The monoisotopic (exact) mass is 268 g/mol. The molecular weight excluding hydrogens is 252 g/mol. The van der Waals surface area contributed by atoms with E-state index in [9.17, 15) is 9.90 Å². The van der Waals surface area contributed by atoms with Crippen LogP contribution < -0.4 is 4.90 Å². The van der Waals surface area contributed by atoms with Gasteiger partial charge in [-0.15, -0.1) is 0 Å². The number of carbonyl (C=O) groups is 1. The minimum absolute atomic E-state index is 0.330. The summed E-state index contributed by atoms with van der Waals surface area (Å²) in [5.41, 5.74) is 2.07. The molecule has 1 saturated heterocycles. The van der Waals surface area contributed by atoms with Crippen molar-refractivity contribution < 1.29 is 9.90 Å². The third-order valence-corrected chi connectivity index (χ3v) is 4.67. The largest absolute Gasteiger partial charge is 0.478 e. The predicted octanol–water partition coefficient (Wildman–Crippen LogP) is 2.92. The van der Waals surface area contributed by atoms with Crippen molar-refractivity contribution in [3.8, 4) is 0 Å². The molecule has 1 N–H and O–H groups in total. The first-order valence-corrected chi connectivity index (χ1v) is 7.11. The van der Waals surface area contributed by atoms with E-state index in [0.29, 0.717) is 11.6 Å². The van der Waals surface area contributed by atoms with Gasteiger partial charge in [-0.3, -0.25) is 4.98 Å². The van der Waals surface area contributed by atoms with Crippen LogP contribution >= 0.6 is 0 Å². The molecule has 0 spiro atoms. The summed E-state index contributed by atoms with van der Waals surface area (Å²) in [7, 11) is 0. The molecule has 1 aliphatic carbocycles. The molecule has 4 rings (SSSR count). The Morgan fingerprint density at radius 1 is 1.30 bits per heavy atom. The fourth-order valence-electron chi connectivity index (χ4n) is 3.79. The smallest absolute Gasteiger partial charge is 0.339 e. The standard InChI is InChI=1S/C16H16N2O2/c19-16(20)13-8-17-14-4-2-1-3-12(14)15(13)18-9-10-5-6-11(18)7-10/h1-4,8,10-11H,5-7,9H2,(H,19,20). The molecule has 20 heavy (non-hydrogen) atoms. The molecule has 2 atom stereocenters. The Hall–Kier alpha value is -2.10. The Balaban J connectivity index is 1.95. The third kappa shape index (κ3) is 1.60. The van der Waals surface area contributed by atoms with E-state index in [-0.39, 0.29) is 0 Å². The average Bonchev–Trinajstić information content (AvgIpc) is 3.08. The molecule has 1 aliphatic heterocycles. The molecule has 2 heterocycles. The zero-order valence-electron chi connectivity index (χ0n) is 11.1. The molecule has 0 radical (unpaired) electrons. The van der Waals surface area contributed by atoms with Crippen LogP contribution in [0.25, 0.3) is 10.9 Å². The van der Waals surface area contributed by atoms with Crippen LogP contribution in [0.4, 0.5) is 5.69 Å². The van der Waals surface area contributed by atoms with E-state index in [0.717, 1.165) is 29.1 Å². The molecule has 2 unspecified atom stereocenters. The highest BCUT2D eigenvalue weighted by Crippen LogP contribution is 2.43. The van der Waals surface area contributed by atoms with E-state index in [1.807, 2.05) is 24.3 Å². The zero-order chi connectivity index (χ0) is 13.7. The maximum absolute atomic E-state index is 11.6. The van der Waals surface area contributed by atoms with Gasteiger partial charge >= 0.3 is 5.97 Å². The number of nitrogens with zero attached hydrogens (tertiary/aromatic N) is 2. The number of benzene rings is 1. The fourth-order valence-corrected chi connectivity index (χ4v) is 3.79. The van der Waals surface area contributed by atoms with Crippen LogP contribution in [0.3, 0.4) is 0 Å². The summed E-state index contributed by atoms with van der Waals surface area (Å²) in [5, 5.41) is 10.4. The number of hydrogen-bond acceptors (Lipinski definition) is 3. The normalized spacial score (nSPS) is 24.5. The molecule has 1 aromatic heterocycles. The molecule has 2 bridgehead atoms. The summed E-state index contributed by atoms with van der Waals surface area (Å²) in [4.78, 5) is 18.2. The average molecular weight is 268 g/mol. The number of para-hydroxylation sites is 1. The second-order valence-corrected chi connectivity index (χ2v) is 5.83. The molecule has 2 fully saturated rings. The first-order valence-electron chi connectivity index (χ1n) is 7.11. The topological polar surface area (TPSA) is 53.4 Å². The number of anilines is 1. The minimum atomic E-state index is -0.888. The highest BCUT2D eigenvalue weighted by molar-refractivity contribution is 6.04. The van der Waals surface area contributed by atoms with E-state index in [1.54, 1.807) is 0 Å². The highest BCUT2D eigenvalue weighted by atomic mass is 16.4. The number of piperidine rings is 1. The lowest BCUT2D eigenvalue weighted by atomic mass is 10.0. The van der Waals surface area contributed by atoms with Gasteiger partial charge in [0.15, 0.2) is 0 Å². The highest BCUT2D eigenvalue weighted by Gasteiger charge is 2.39. The SMILES string of the molecule is O=C(O)c1cnc2ccccc2c1N1CC2CCC1C2. The van der Waals surface area contributed by atoms with Crippen LogP contribution in [-0.2, 0) is 0 Å². The van der Waals surface area contributed by atoms with Gasteiger partial charge in [0.1, 0.15) is 5.56 Å². The molecular formula is C16H16N2O2. The van der Waals surface area contributed by atoms with Crippen molar-refractivity contribution in [1.29, 1.82) is 0 Å². The zero-order valence-corrected chi connectivity index (χ0v) is 11.1. The summed E-state index contributed by atoms with van der Waals surface area (Å²) in [5.74, 6) is -0.158. The Morgan fingerprint density at radius 2 is 2.15 bits per heavy atom. The number of carboxylic acid groups (broad SMARTS) is 1. The van der Waals surface area contributed by atoms with E-state index in [4.69, 9.17) is 0 Å². The lowest BCUT2D eigenvalue weighted by molar-refractivity contribution is 0.0697. The number of fused-ring (bicyclic) bond motifs is 3. The minimum Gasteiger partial charge on any atom is -0.478 e. The van der Waals surface area contributed by atoms with Crippen molar-refractivity contribution >= 4 is 22.6 Å². The Labute approximate surface area is 117 Å². The number of pyridine rings is 1. The predicted molar refractivity (Wildman–Crippen MR) is 77.2 cm³/mol. The number of carboxylic acids is 1. The molecule has 4 heteroatoms. The number of aromatic carboxylic acids is 1. The van der Waals surface area contributed by atoms with Gasteiger partial charge in [-0.25, -0.2) is 4.79 Å². The van der Waals surface area contributed by atoms with Crippen molar-refractivity contribution in [2.45, 2.75) is 25.3 Å². The summed E-state index contributed by atoms with van der Waals surface area (Å²) in [6.07, 6.45) is 5.18. The van der Waals surface area contributed by atoms with Gasteiger partial charge in [0.2, 0.25) is 0 Å². The fraction of sp³-hybridized carbons (Fsp3) is 0.375. The molecule has 2 aliphatic rings. The lowest BCUT2D eigenvalue weighted by Gasteiger charge is -2.31. The van der Waals surface area contributed by atoms with Crippen LogP contribution in [0.15, 0.2) is 30.5 Å². The summed E-state index contributed by atoms with van der Waals surface area (Å²) >= 11 is 0. The van der Waals surface area contributed by atoms with Crippen molar-refractivity contribution in [2.24, 2.45) is 5.92 Å². The lowest BCUT2D eigenvalue weighted by Crippen LogP contribution is -2.33. The van der Waals surface area contributed by atoms with E-state index >= 15 is 0 Å². The molecule has 0 amide bonds. The Bertz CT molecular complexity index is 698. The maximum atomic E-state index is 11.6. The van der Waals surface area contributed by atoms with Gasteiger partial charge in [-0.1, -0.05) is 18.2 Å². The first-order chi connectivity index (χ1) is 9.74. The van der Waals surface area contributed by atoms with Crippen LogP contribution in [-0.4, -0.2) is 28.6 Å². The number of aromatic nitrogens is 1.